The van der Waals surface area contributed by atoms with Crippen molar-refractivity contribution in [2.45, 2.75) is 19.8 Å². The summed E-state index contributed by atoms with van der Waals surface area (Å²) in [7, 11) is 3.24. The van der Waals surface area contributed by atoms with Crippen LogP contribution in [0.1, 0.15) is 24.0 Å². The lowest BCUT2D eigenvalue weighted by atomic mass is 9.99. The highest BCUT2D eigenvalue weighted by Crippen LogP contribution is 2.34. The fourth-order valence-corrected chi connectivity index (χ4v) is 1.57. The Kier molecular flexibility index (Phi) is 3.97. The first kappa shape index (κ1) is 11.9. The number of methoxy groups -OCH3 is 2. The van der Waals surface area contributed by atoms with Crippen molar-refractivity contribution in [3.63, 3.8) is 0 Å². The summed E-state index contributed by atoms with van der Waals surface area (Å²) in [6.45, 7) is 4.07. The van der Waals surface area contributed by atoms with Gasteiger partial charge >= 0.3 is 0 Å². The minimum absolute atomic E-state index is 0.114. The molecule has 3 heteroatoms. The van der Waals surface area contributed by atoms with E-state index in [0.29, 0.717) is 5.75 Å². The summed E-state index contributed by atoms with van der Waals surface area (Å²) in [5.74, 6) is 1.59. The van der Waals surface area contributed by atoms with Crippen LogP contribution in [-0.2, 0) is 0 Å². The molecule has 15 heavy (non-hydrogen) atoms. The van der Waals surface area contributed by atoms with Crippen molar-refractivity contribution in [2.75, 3.05) is 20.8 Å². The predicted octanol–water partition coefficient (Wildman–Crippen LogP) is 2.11. The predicted molar refractivity (Wildman–Crippen MR) is 59.8 cm³/mol. The molecule has 0 saturated carbocycles. The van der Waals surface area contributed by atoms with Gasteiger partial charge in [0.05, 0.1) is 14.2 Å². The smallest absolute Gasteiger partial charge is 0.163 e. The van der Waals surface area contributed by atoms with Gasteiger partial charge in [-0.05, 0) is 24.1 Å². The molecule has 3 nitrogen and oxygen atoms in total. The highest BCUT2D eigenvalue weighted by atomic mass is 16.5. The number of ether oxygens (including phenoxy) is 2. The highest BCUT2D eigenvalue weighted by molar-refractivity contribution is 5.49. The quantitative estimate of drug-likeness (QED) is 0.827. The molecule has 0 saturated heterocycles. The zero-order chi connectivity index (χ0) is 11.4. The molecule has 84 valence electrons. The summed E-state index contributed by atoms with van der Waals surface area (Å²) in [6.07, 6.45) is 0. The van der Waals surface area contributed by atoms with Crippen LogP contribution in [0.2, 0.25) is 0 Å². The lowest BCUT2D eigenvalue weighted by Crippen LogP contribution is -2.01. The molecule has 1 rings (SSSR count). The lowest BCUT2D eigenvalue weighted by Gasteiger charge is -2.15. The summed E-state index contributed by atoms with van der Waals surface area (Å²) < 4.78 is 10.5. The maximum atomic E-state index is 9.10. The van der Waals surface area contributed by atoms with Crippen LogP contribution in [0, 0.1) is 6.92 Å². The lowest BCUT2D eigenvalue weighted by molar-refractivity contribution is 0.272. The number of benzene rings is 1. The van der Waals surface area contributed by atoms with Crippen molar-refractivity contribution in [3.05, 3.63) is 23.3 Å². The molecule has 1 atom stereocenters. The molecular weight excluding hydrogens is 192 g/mol. The van der Waals surface area contributed by atoms with Crippen molar-refractivity contribution in [3.8, 4) is 11.5 Å². The molecule has 1 N–H and O–H groups in total. The van der Waals surface area contributed by atoms with Crippen molar-refractivity contribution in [2.24, 2.45) is 0 Å². The van der Waals surface area contributed by atoms with E-state index in [9.17, 15) is 0 Å². The van der Waals surface area contributed by atoms with Crippen LogP contribution >= 0.6 is 0 Å². The van der Waals surface area contributed by atoms with Crippen LogP contribution in [0.4, 0.5) is 0 Å². The maximum absolute atomic E-state index is 9.10. The molecule has 0 aliphatic carbocycles. The zero-order valence-electron chi connectivity index (χ0n) is 9.70. The molecule has 0 heterocycles. The first-order valence-electron chi connectivity index (χ1n) is 4.97. The van der Waals surface area contributed by atoms with E-state index in [4.69, 9.17) is 14.6 Å². The molecule has 0 amide bonds. The number of aliphatic hydroxyl groups is 1. The molecule has 1 aromatic carbocycles. The van der Waals surface area contributed by atoms with Gasteiger partial charge in [-0.1, -0.05) is 13.0 Å². The van der Waals surface area contributed by atoms with Gasteiger partial charge in [0.1, 0.15) is 0 Å². The third-order valence-electron chi connectivity index (χ3n) is 2.53. The van der Waals surface area contributed by atoms with E-state index in [0.717, 1.165) is 16.9 Å². The Morgan fingerprint density at radius 1 is 1.27 bits per heavy atom. The van der Waals surface area contributed by atoms with E-state index >= 15 is 0 Å². The van der Waals surface area contributed by atoms with Gasteiger partial charge in [0, 0.05) is 12.5 Å². The zero-order valence-corrected chi connectivity index (χ0v) is 9.70. The molecule has 1 unspecified atom stereocenters. The molecule has 0 bridgehead atoms. The van der Waals surface area contributed by atoms with Gasteiger partial charge in [0.2, 0.25) is 0 Å². The van der Waals surface area contributed by atoms with Crippen molar-refractivity contribution >= 4 is 0 Å². The summed E-state index contributed by atoms with van der Waals surface area (Å²) in [6, 6.07) is 3.93. The van der Waals surface area contributed by atoms with Crippen LogP contribution in [-0.4, -0.2) is 25.9 Å². The molecule has 0 aromatic heterocycles. The summed E-state index contributed by atoms with van der Waals surface area (Å²) in [5.41, 5.74) is 2.08. The average Bonchev–Trinajstić information content (AvgIpc) is 2.26. The average molecular weight is 210 g/mol. The van der Waals surface area contributed by atoms with E-state index < -0.39 is 0 Å². The second-order valence-corrected chi connectivity index (χ2v) is 3.66. The Balaban J connectivity index is 3.19. The standard InChI is InChI=1S/C12H18O3/c1-8-5-10(9(2)7-13)6-11(14-3)12(8)15-4/h5-6,9,13H,7H2,1-4H3. The van der Waals surface area contributed by atoms with Crippen molar-refractivity contribution < 1.29 is 14.6 Å². The summed E-state index contributed by atoms with van der Waals surface area (Å²) >= 11 is 0. The van der Waals surface area contributed by atoms with Crippen molar-refractivity contribution in [1.29, 1.82) is 0 Å². The van der Waals surface area contributed by atoms with Crippen LogP contribution < -0.4 is 9.47 Å². The van der Waals surface area contributed by atoms with Gasteiger partial charge in [-0.25, -0.2) is 0 Å². The molecule has 0 aliphatic rings. The minimum atomic E-state index is 0.114. The molecule has 0 radical (unpaired) electrons. The van der Waals surface area contributed by atoms with Crippen LogP contribution in [0.25, 0.3) is 0 Å². The van der Waals surface area contributed by atoms with Crippen molar-refractivity contribution in [1.82, 2.24) is 0 Å². The highest BCUT2D eigenvalue weighted by Gasteiger charge is 2.12. The molecule has 1 aromatic rings. The second kappa shape index (κ2) is 5.03. The van der Waals surface area contributed by atoms with E-state index in [2.05, 4.69) is 0 Å². The fraction of sp³-hybridized carbons (Fsp3) is 0.500. The van der Waals surface area contributed by atoms with Gasteiger partial charge in [-0.2, -0.15) is 0 Å². The van der Waals surface area contributed by atoms with Crippen LogP contribution in [0.5, 0.6) is 11.5 Å². The third-order valence-corrected chi connectivity index (χ3v) is 2.53. The van der Waals surface area contributed by atoms with Gasteiger partial charge in [-0.3, -0.25) is 0 Å². The van der Waals surface area contributed by atoms with Crippen LogP contribution in [0.15, 0.2) is 12.1 Å². The normalized spacial score (nSPS) is 12.3. The monoisotopic (exact) mass is 210 g/mol. The third kappa shape index (κ3) is 2.42. The van der Waals surface area contributed by atoms with Gasteiger partial charge in [-0.15, -0.1) is 0 Å². The van der Waals surface area contributed by atoms with Gasteiger partial charge < -0.3 is 14.6 Å². The van der Waals surface area contributed by atoms with Crippen LogP contribution in [0.3, 0.4) is 0 Å². The number of aliphatic hydroxyl groups excluding tert-OH is 1. The van der Waals surface area contributed by atoms with E-state index in [-0.39, 0.29) is 12.5 Å². The molecule has 0 fully saturated rings. The first-order chi connectivity index (χ1) is 7.13. The molecule has 0 aliphatic heterocycles. The topological polar surface area (TPSA) is 38.7 Å². The number of rotatable bonds is 4. The Morgan fingerprint density at radius 3 is 2.40 bits per heavy atom. The number of hydrogen-bond donors (Lipinski definition) is 1. The Morgan fingerprint density at radius 2 is 1.93 bits per heavy atom. The minimum Gasteiger partial charge on any atom is -0.493 e. The number of hydrogen-bond acceptors (Lipinski definition) is 3. The van der Waals surface area contributed by atoms with E-state index in [1.165, 1.54) is 0 Å². The Bertz CT molecular complexity index is 334. The fourth-order valence-electron chi connectivity index (χ4n) is 1.57. The van der Waals surface area contributed by atoms with Gasteiger partial charge in [0.15, 0.2) is 11.5 Å². The van der Waals surface area contributed by atoms with E-state index in [1.807, 2.05) is 26.0 Å². The molecule has 0 spiro atoms. The Labute approximate surface area is 90.6 Å². The molecular formula is C12H18O3. The largest absolute Gasteiger partial charge is 0.493 e. The Hall–Kier alpha value is -1.22. The second-order valence-electron chi connectivity index (χ2n) is 3.66. The maximum Gasteiger partial charge on any atom is 0.163 e. The SMILES string of the molecule is COc1cc(C(C)CO)cc(C)c1OC. The summed E-state index contributed by atoms with van der Waals surface area (Å²) in [4.78, 5) is 0. The number of aryl methyl sites for hydroxylation is 1. The summed E-state index contributed by atoms with van der Waals surface area (Å²) in [5, 5.41) is 9.10. The first-order valence-corrected chi connectivity index (χ1v) is 4.97. The van der Waals surface area contributed by atoms with Gasteiger partial charge in [0.25, 0.3) is 0 Å². The van der Waals surface area contributed by atoms with E-state index in [1.54, 1.807) is 14.2 Å².